The summed E-state index contributed by atoms with van der Waals surface area (Å²) >= 11 is 0. The second-order valence-corrected chi connectivity index (χ2v) is 8.26. The first-order valence-electron chi connectivity index (χ1n) is 10.9. The van der Waals surface area contributed by atoms with Crippen LogP contribution in [0.25, 0.3) is 0 Å². The van der Waals surface area contributed by atoms with Crippen molar-refractivity contribution in [2.75, 3.05) is 53.0 Å². The number of benzene rings is 1. The standard InChI is InChI=1S/C22H33F3N4O2/c1-3-31-19-6-4-17(5-7-19)21(9-12-30-13-10-21)15-27-20(26-2)28-18-8-11-29(14-18)16-22(23,24)25/h4-7,18H,3,8-16H2,1-2H3,(H2,26,27,28). The zero-order chi connectivity index (χ0) is 22.3. The normalized spacial score (nSPS) is 22.4. The summed E-state index contributed by atoms with van der Waals surface area (Å²) < 4.78 is 49.1. The molecule has 31 heavy (non-hydrogen) atoms. The van der Waals surface area contributed by atoms with E-state index in [1.807, 2.05) is 19.1 Å². The van der Waals surface area contributed by atoms with Crippen molar-refractivity contribution in [3.05, 3.63) is 29.8 Å². The largest absolute Gasteiger partial charge is 0.494 e. The first kappa shape index (κ1) is 23.7. The molecule has 3 rings (SSSR count). The van der Waals surface area contributed by atoms with Gasteiger partial charge >= 0.3 is 6.18 Å². The lowest BCUT2D eigenvalue weighted by molar-refractivity contribution is -0.143. The van der Waals surface area contributed by atoms with Crippen LogP contribution in [0.1, 0.15) is 31.7 Å². The highest BCUT2D eigenvalue weighted by Gasteiger charge is 2.36. The Labute approximate surface area is 182 Å². The SMILES string of the molecule is CCOc1ccc(C2(CNC(=NC)NC3CCN(CC(F)(F)F)C3)CCOCC2)cc1. The van der Waals surface area contributed by atoms with E-state index in [9.17, 15) is 13.2 Å². The van der Waals surface area contributed by atoms with Gasteiger partial charge in [0, 0.05) is 51.4 Å². The number of alkyl halides is 3. The zero-order valence-electron chi connectivity index (χ0n) is 18.3. The molecule has 2 N–H and O–H groups in total. The van der Waals surface area contributed by atoms with Gasteiger partial charge in [0.05, 0.1) is 13.2 Å². The maximum atomic E-state index is 12.6. The number of guanidine groups is 1. The van der Waals surface area contributed by atoms with Crippen LogP contribution in [0.4, 0.5) is 13.2 Å². The molecule has 2 saturated heterocycles. The number of rotatable bonds is 7. The average Bonchev–Trinajstić information content (AvgIpc) is 3.17. The van der Waals surface area contributed by atoms with Gasteiger partial charge in [-0.05, 0) is 43.9 Å². The van der Waals surface area contributed by atoms with E-state index < -0.39 is 12.7 Å². The average molecular weight is 443 g/mol. The highest BCUT2D eigenvalue weighted by atomic mass is 19.4. The van der Waals surface area contributed by atoms with Gasteiger partial charge in [-0.1, -0.05) is 12.1 Å². The third-order valence-electron chi connectivity index (χ3n) is 6.06. The lowest BCUT2D eigenvalue weighted by Crippen LogP contribution is -2.50. The van der Waals surface area contributed by atoms with Crippen molar-refractivity contribution >= 4 is 5.96 Å². The summed E-state index contributed by atoms with van der Waals surface area (Å²) in [6.45, 7) is 4.57. The molecule has 2 aliphatic rings. The number of hydrogen-bond acceptors (Lipinski definition) is 4. The third-order valence-corrected chi connectivity index (χ3v) is 6.06. The van der Waals surface area contributed by atoms with Crippen molar-refractivity contribution in [1.82, 2.24) is 15.5 Å². The molecule has 0 aliphatic carbocycles. The summed E-state index contributed by atoms with van der Waals surface area (Å²) in [7, 11) is 1.69. The minimum Gasteiger partial charge on any atom is -0.494 e. The summed E-state index contributed by atoms with van der Waals surface area (Å²) in [6.07, 6.45) is -1.74. The molecule has 0 spiro atoms. The summed E-state index contributed by atoms with van der Waals surface area (Å²) in [5.74, 6) is 1.47. The predicted molar refractivity (Wildman–Crippen MR) is 115 cm³/mol. The molecule has 9 heteroatoms. The predicted octanol–water partition coefficient (Wildman–Crippen LogP) is 2.94. The van der Waals surface area contributed by atoms with Gasteiger partial charge in [-0.3, -0.25) is 9.89 Å². The topological polar surface area (TPSA) is 58.1 Å². The van der Waals surface area contributed by atoms with Crippen LogP contribution >= 0.6 is 0 Å². The molecule has 0 amide bonds. The summed E-state index contributed by atoms with van der Waals surface area (Å²) in [5.41, 5.74) is 1.12. The minimum atomic E-state index is -4.16. The fraction of sp³-hybridized carbons (Fsp3) is 0.682. The van der Waals surface area contributed by atoms with Gasteiger partial charge in [-0.2, -0.15) is 13.2 Å². The van der Waals surface area contributed by atoms with Crippen molar-refractivity contribution in [3.63, 3.8) is 0 Å². The second kappa shape index (κ2) is 10.5. The molecule has 1 atom stereocenters. The van der Waals surface area contributed by atoms with E-state index in [1.54, 1.807) is 7.05 Å². The van der Waals surface area contributed by atoms with Gasteiger partial charge in [0.15, 0.2) is 5.96 Å². The molecule has 0 aromatic heterocycles. The van der Waals surface area contributed by atoms with E-state index in [0.29, 0.717) is 51.8 Å². The van der Waals surface area contributed by atoms with E-state index in [-0.39, 0.29) is 11.5 Å². The maximum absolute atomic E-state index is 12.6. The number of nitrogens with one attached hydrogen (secondary N) is 2. The number of ether oxygens (including phenoxy) is 2. The molecule has 2 aliphatic heterocycles. The Morgan fingerprint density at radius 3 is 2.58 bits per heavy atom. The van der Waals surface area contributed by atoms with Gasteiger partial charge < -0.3 is 20.1 Å². The molecule has 0 saturated carbocycles. The van der Waals surface area contributed by atoms with Crippen molar-refractivity contribution in [1.29, 1.82) is 0 Å². The van der Waals surface area contributed by atoms with Gasteiger partial charge in [0.2, 0.25) is 0 Å². The van der Waals surface area contributed by atoms with E-state index >= 15 is 0 Å². The Bertz CT molecular complexity index is 718. The molecule has 2 heterocycles. The van der Waals surface area contributed by atoms with Crippen LogP contribution < -0.4 is 15.4 Å². The zero-order valence-corrected chi connectivity index (χ0v) is 18.3. The highest BCUT2D eigenvalue weighted by Crippen LogP contribution is 2.35. The van der Waals surface area contributed by atoms with Crippen molar-refractivity contribution in [2.24, 2.45) is 4.99 Å². The van der Waals surface area contributed by atoms with Gasteiger partial charge in [-0.25, -0.2) is 0 Å². The fourth-order valence-electron chi connectivity index (χ4n) is 4.39. The van der Waals surface area contributed by atoms with E-state index in [4.69, 9.17) is 9.47 Å². The molecule has 0 bridgehead atoms. The van der Waals surface area contributed by atoms with Crippen LogP contribution in [0, 0.1) is 0 Å². The van der Waals surface area contributed by atoms with E-state index in [1.165, 1.54) is 10.5 Å². The molecule has 174 valence electrons. The molecule has 1 aromatic rings. The Morgan fingerprint density at radius 2 is 1.97 bits per heavy atom. The van der Waals surface area contributed by atoms with Crippen LogP contribution in [-0.4, -0.2) is 76.1 Å². The summed E-state index contributed by atoms with van der Waals surface area (Å²) in [6, 6.07) is 8.17. The number of likely N-dealkylation sites (tertiary alicyclic amines) is 1. The van der Waals surface area contributed by atoms with Crippen LogP contribution in [0.3, 0.4) is 0 Å². The first-order valence-corrected chi connectivity index (χ1v) is 10.9. The molecule has 1 aromatic carbocycles. The van der Waals surface area contributed by atoms with Crippen molar-refractivity contribution < 1.29 is 22.6 Å². The fourth-order valence-corrected chi connectivity index (χ4v) is 4.39. The van der Waals surface area contributed by atoms with Crippen LogP contribution in [0.2, 0.25) is 0 Å². The maximum Gasteiger partial charge on any atom is 0.401 e. The lowest BCUT2D eigenvalue weighted by Gasteiger charge is -2.38. The monoisotopic (exact) mass is 442 g/mol. The summed E-state index contributed by atoms with van der Waals surface area (Å²) in [4.78, 5) is 5.74. The minimum absolute atomic E-state index is 0.0512. The van der Waals surface area contributed by atoms with Gasteiger partial charge in [0.1, 0.15) is 5.75 Å². The molecule has 0 radical (unpaired) electrons. The van der Waals surface area contributed by atoms with Gasteiger partial charge in [0.25, 0.3) is 0 Å². The second-order valence-electron chi connectivity index (χ2n) is 8.26. The third kappa shape index (κ3) is 6.74. The van der Waals surface area contributed by atoms with Crippen molar-refractivity contribution in [3.8, 4) is 5.75 Å². The van der Waals surface area contributed by atoms with Crippen LogP contribution in [0.15, 0.2) is 29.3 Å². The summed E-state index contributed by atoms with van der Waals surface area (Å²) in [5, 5.41) is 6.71. The van der Waals surface area contributed by atoms with Crippen molar-refractivity contribution in [2.45, 2.75) is 43.8 Å². The smallest absolute Gasteiger partial charge is 0.401 e. The van der Waals surface area contributed by atoms with Crippen LogP contribution in [-0.2, 0) is 10.2 Å². The quantitative estimate of drug-likeness (QED) is 0.502. The Kier molecular flexibility index (Phi) is 8.05. The highest BCUT2D eigenvalue weighted by molar-refractivity contribution is 5.80. The number of nitrogens with zero attached hydrogens (tertiary/aromatic N) is 2. The molecule has 1 unspecified atom stereocenters. The number of halogens is 3. The molecular formula is C22H33F3N4O2. The van der Waals surface area contributed by atoms with E-state index in [2.05, 4.69) is 27.8 Å². The molecular weight excluding hydrogens is 409 g/mol. The Morgan fingerprint density at radius 1 is 1.26 bits per heavy atom. The number of hydrogen-bond donors (Lipinski definition) is 2. The van der Waals surface area contributed by atoms with Gasteiger partial charge in [-0.15, -0.1) is 0 Å². The molecule has 2 fully saturated rings. The molecule has 6 nitrogen and oxygen atoms in total. The lowest BCUT2D eigenvalue weighted by atomic mass is 9.74. The Hall–Kier alpha value is -2.00. The number of aliphatic imine (C=N–C) groups is 1. The van der Waals surface area contributed by atoms with Crippen LogP contribution in [0.5, 0.6) is 5.75 Å². The van der Waals surface area contributed by atoms with E-state index in [0.717, 1.165) is 18.6 Å². The first-order chi connectivity index (χ1) is 14.8. The Balaban J connectivity index is 1.60.